The van der Waals surface area contributed by atoms with Gasteiger partial charge in [-0.2, -0.15) is 0 Å². The second-order valence-corrected chi connectivity index (χ2v) is 6.38. The number of nitrogens with two attached hydrogens (primary N) is 1. The van der Waals surface area contributed by atoms with Crippen LogP contribution in [0.1, 0.15) is 18.4 Å². The molecule has 1 heterocycles. The molecule has 0 amide bonds. The third-order valence-corrected chi connectivity index (χ3v) is 3.89. The average Bonchev–Trinajstić information content (AvgIpc) is 2.39. The van der Waals surface area contributed by atoms with Crippen molar-refractivity contribution in [3.05, 3.63) is 29.8 Å². The fraction of sp³-hybridized carbons (Fsp3) is 0.462. The van der Waals surface area contributed by atoms with Crippen molar-refractivity contribution in [2.24, 2.45) is 0 Å². The van der Waals surface area contributed by atoms with E-state index in [1.165, 1.54) is 12.1 Å². The third kappa shape index (κ3) is 7.42. The van der Waals surface area contributed by atoms with Crippen LogP contribution in [-0.2, 0) is 14.9 Å². The molecule has 1 saturated heterocycles. The van der Waals surface area contributed by atoms with Gasteiger partial charge in [0.2, 0.25) is 0 Å². The minimum absolute atomic E-state index is 0.0648. The molecule has 2 N–H and O–H groups in total. The maximum Gasteiger partial charge on any atom is 0.404 e. The van der Waals surface area contributed by atoms with Crippen molar-refractivity contribution < 1.29 is 27.8 Å². The molecule has 2 rings (SSSR count). The quantitative estimate of drug-likeness (QED) is 0.641. The molecule has 6 nitrogen and oxygen atoms in total. The lowest BCUT2D eigenvalue weighted by Gasteiger charge is -2.18. The van der Waals surface area contributed by atoms with E-state index in [4.69, 9.17) is 16.3 Å². The van der Waals surface area contributed by atoms with Gasteiger partial charge in [0.05, 0.1) is 18.0 Å². The van der Waals surface area contributed by atoms with E-state index in [0.29, 0.717) is 0 Å². The zero-order valence-electron chi connectivity index (χ0n) is 11.6. The Morgan fingerprint density at radius 1 is 1.29 bits per heavy atom. The van der Waals surface area contributed by atoms with E-state index in [2.05, 4.69) is 5.32 Å². The summed E-state index contributed by atoms with van der Waals surface area (Å²) in [7, 11) is -4.27. The van der Waals surface area contributed by atoms with Crippen molar-refractivity contribution in [2.45, 2.75) is 30.8 Å². The SMILES string of the molecule is Cc1ccc(S(=O)(=O)[O-])cc1.O=C(Cl)OC1CC[NH2+]CC1. The Morgan fingerprint density at radius 3 is 2.24 bits per heavy atom. The van der Waals surface area contributed by atoms with Crippen LogP contribution in [-0.4, -0.2) is 37.6 Å². The van der Waals surface area contributed by atoms with Gasteiger partial charge in [0.15, 0.2) is 0 Å². The molecule has 118 valence electrons. The first kappa shape index (κ1) is 17.9. The number of benzene rings is 1. The highest BCUT2D eigenvalue weighted by Crippen LogP contribution is 2.08. The van der Waals surface area contributed by atoms with Crippen molar-refractivity contribution in [2.75, 3.05) is 13.1 Å². The Bertz CT molecular complexity index is 552. The molecule has 1 aromatic rings. The molecule has 1 aliphatic heterocycles. The largest absolute Gasteiger partial charge is 0.744 e. The zero-order valence-corrected chi connectivity index (χ0v) is 13.2. The highest BCUT2D eigenvalue weighted by Gasteiger charge is 2.17. The third-order valence-electron chi connectivity index (χ3n) is 2.95. The molecule has 0 aliphatic carbocycles. The predicted molar refractivity (Wildman–Crippen MR) is 76.2 cm³/mol. The van der Waals surface area contributed by atoms with Gasteiger partial charge in [-0.25, -0.2) is 13.2 Å². The highest BCUT2D eigenvalue weighted by molar-refractivity contribution is 7.85. The average molecular weight is 336 g/mol. The van der Waals surface area contributed by atoms with Crippen molar-refractivity contribution in [1.82, 2.24) is 0 Å². The summed E-state index contributed by atoms with van der Waals surface area (Å²) >= 11 is 5.04. The number of ether oxygens (including phenoxy) is 1. The molecule has 0 unspecified atom stereocenters. The van der Waals surface area contributed by atoms with Gasteiger partial charge in [-0.1, -0.05) is 17.7 Å². The molecular formula is C13H18ClNO5S. The maximum absolute atomic E-state index is 10.4. The van der Waals surface area contributed by atoms with Crippen molar-refractivity contribution in [3.63, 3.8) is 0 Å². The summed E-state index contributed by atoms with van der Waals surface area (Å²) < 4.78 is 36.0. The lowest BCUT2D eigenvalue weighted by Crippen LogP contribution is -2.86. The second-order valence-electron chi connectivity index (χ2n) is 4.69. The minimum Gasteiger partial charge on any atom is -0.744 e. The summed E-state index contributed by atoms with van der Waals surface area (Å²) in [4.78, 5) is 10.1. The lowest BCUT2D eigenvalue weighted by atomic mass is 10.1. The van der Waals surface area contributed by atoms with E-state index < -0.39 is 15.5 Å². The first-order valence-electron chi connectivity index (χ1n) is 6.49. The molecule has 0 saturated carbocycles. The fourth-order valence-electron chi connectivity index (χ4n) is 1.85. The number of piperidine rings is 1. The first-order chi connectivity index (χ1) is 9.79. The molecule has 0 atom stereocenters. The van der Waals surface area contributed by atoms with E-state index in [-0.39, 0.29) is 11.0 Å². The van der Waals surface area contributed by atoms with Gasteiger partial charge >= 0.3 is 5.43 Å². The zero-order chi connectivity index (χ0) is 15.9. The van der Waals surface area contributed by atoms with Crippen molar-refractivity contribution in [1.29, 1.82) is 0 Å². The molecule has 1 aliphatic rings. The van der Waals surface area contributed by atoms with Crippen LogP contribution < -0.4 is 5.32 Å². The highest BCUT2D eigenvalue weighted by atomic mass is 35.5. The Kier molecular flexibility index (Phi) is 7.10. The number of carbonyl (C=O) groups is 1. The Hall–Kier alpha value is -1.15. The number of aryl methyl sites for hydroxylation is 1. The first-order valence-corrected chi connectivity index (χ1v) is 8.28. The molecule has 1 fully saturated rings. The number of hydrogen-bond acceptors (Lipinski definition) is 5. The molecule has 0 bridgehead atoms. The molecule has 1 aromatic carbocycles. The number of halogens is 1. The summed E-state index contributed by atoms with van der Waals surface area (Å²) in [6, 6.07) is 5.78. The van der Waals surface area contributed by atoms with Gasteiger partial charge < -0.3 is 14.6 Å². The van der Waals surface area contributed by atoms with Crippen LogP contribution in [0.4, 0.5) is 4.79 Å². The summed E-state index contributed by atoms with van der Waals surface area (Å²) in [5.74, 6) is 0. The van der Waals surface area contributed by atoms with Crippen LogP contribution in [0, 0.1) is 6.92 Å². The number of quaternary nitrogens is 1. The topological polar surface area (TPSA) is 100 Å². The number of rotatable bonds is 2. The van der Waals surface area contributed by atoms with E-state index in [0.717, 1.165) is 31.5 Å². The van der Waals surface area contributed by atoms with Gasteiger partial charge in [-0.3, -0.25) is 0 Å². The van der Waals surface area contributed by atoms with Crippen molar-refractivity contribution in [3.8, 4) is 0 Å². The van der Waals surface area contributed by atoms with E-state index in [9.17, 15) is 17.8 Å². The molecule has 8 heteroatoms. The smallest absolute Gasteiger partial charge is 0.404 e. The summed E-state index contributed by atoms with van der Waals surface area (Å²) in [5.41, 5.74) is 0.254. The van der Waals surface area contributed by atoms with E-state index in [1.807, 2.05) is 6.92 Å². The molecule has 0 aromatic heterocycles. The summed E-state index contributed by atoms with van der Waals surface area (Å²) in [5, 5.41) is 2.21. The Balaban J connectivity index is 0.000000211. The number of carbonyl (C=O) groups excluding carboxylic acids is 1. The van der Waals surface area contributed by atoms with Gasteiger partial charge in [0.25, 0.3) is 0 Å². The molecule has 21 heavy (non-hydrogen) atoms. The van der Waals surface area contributed by atoms with Crippen LogP contribution in [0.15, 0.2) is 29.2 Å². The number of hydrogen-bond donors (Lipinski definition) is 1. The minimum atomic E-state index is -4.27. The van der Waals surface area contributed by atoms with Crippen LogP contribution >= 0.6 is 11.6 Å². The van der Waals surface area contributed by atoms with E-state index >= 15 is 0 Å². The summed E-state index contributed by atoms with van der Waals surface area (Å²) in [6.07, 6.45) is 1.92. The molecular weight excluding hydrogens is 318 g/mol. The van der Waals surface area contributed by atoms with E-state index in [1.54, 1.807) is 12.1 Å². The molecule has 0 spiro atoms. The Labute approximate surface area is 129 Å². The lowest BCUT2D eigenvalue weighted by molar-refractivity contribution is -0.664. The van der Waals surface area contributed by atoms with Crippen LogP contribution in [0.5, 0.6) is 0 Å². The fourth-order valence-corrected chi connectivity index (χ4v) is 2.45. The molecule has 0 radical (unpaired) electrons. The predicted octanol–water partition coefficient (Wildman–Crippen LogP) is 0.987. The second kappa shape index (κ2) is 8.33. The van der Waals surface area contributed by atoms with Gasteiger partial charge in [0.1, 0.15) is 16.2 Å². The normalized spacial score (nSPS) is 15.8. The van der Waals surface area contributed by atoms with Gasteiger partial charge in [-0.15, -0.1) is 0 Å². The monoisotopic (exact) mass is 335 g/mol. The van der Waals surface area contributed by atoms with Crippen LogP contribution in [0.3, 0.4) is 0 Å². The van der Waals surface area contributed by atoms with Crippen molar-refractivity contribution >= 4 is 27.1 Å². The van der Waals surface area contributed by atoms with Gasteiger partial charge in [0, 0.05) is 24.4 Å². The Morgan fingerprint density at radius 2 is 1.81 bits per heavy atom. The summed E-state index contributed by atoms with van der Waals surface area (Å²) in [6.45, 7) is 3.89. The van der Waals surface area contributed by atoms with Gasteiger partial charge in [-0.05, 0) is 19.1 Å². The standard InChI is InChI=1S/C7H8O3S.C6H10ClNO2/c1-6-2-4-7(5-3-6)11(8,9)10;7-6(9)10-5-1-3-8-4-2-5/h2-5H,1H3,(H,8,9,10);5,8H,1-4H2. The van der Waals surface area contributed by atoms with Crippen LogP contribution in [0.2, 0.25) is 0 Å². The van der Waals surface area contributed by atoms with Crippen LogP contribution in [0.25, 0.3) is 0 Å². The maximum atomic E-state index is 10.4.